The molecule has 94 valence electrons. The lowest BCUT2D eigenvalue weighted by molar-refractivity contribution is 0.174. The van der Waals surface area contributed by atoms with E-state index in [1.54, 1.807) is 0 Å². The van der Waals surface area contributed by atoms with Crippen LogP contribution in [0.4, 0.5) is 0 Å². The van der Waals surface area contributed by atoms with E-state index in [0.717, 1.165) is 36.0 Å². The molecule has 2 heterocycles. The van der Waals surface area contributed by atoms with Crippen molar-refractivity contribution in [3.63, 3.8) is 0 Å². The fourth-order valence-electron chi connectivity index (χ4n) is 1.88. The molecule has 3 rings (SSSR count). The highest BCUT2D eigenvalue weighted by Gasteiger charge is 2.14. The van der Waals surface area contributed by atoms with Gasteiger partial charge in [0.1, 0.15) is 0 Å². The average Bonchev–Trinajstić information content (AvgIpc) is 3.04. The summed E-state index contributed by atoms with van der Waals surface area (Å²) in [6, 6.07) is 7.82. The van der Waals surface area contributed by atoms with Crippen molar-refractivity contribution in [3.8, 4) is 17.2 Å². The third-order valence-electron chi connectivity index (χ3n) is 2.82. The molecule has 0 amide bonds. The first kappa shape index (κ1) is 11.1. The molecular weight excluding hydrogens is 230 g/mol. The van der Waals surface area contributed by atoms with Gasteiger partial charge >= 0.3 is 0 Å². The summed E-state index contributed by atoms with van der Waals surface area (Å²) in [4.78, 5) is 0. The molecule has 1 aromatic carbocycles. The van der Waals surface area contributed by atoms with Gasteiger partial charge in [0, 0.05) is 18.8 Å². The Labute approximate surface area is 105 Å². The molecule has 0 aliphatic carbocycles. The Bertz CT molecular complexity index is 551. The smallest absolute Gasteiger partial charge is 0.231 e. The summed E-state index contributed by atoms with van der Waals surface area (Å²) < 4.78 is 12.5. The minimum Gasteiger partial charge on any atom is -0.454 e. The number of nitrogens with one attached hydrogen (secondary N) is 1. The zero-order chi connectivity index (χ0) is 12.4. The lowest BCUT2D eigenvalue weighted by Crippen LogP contribution is -2.12. The molecule has 0 saturated carbocycles. The summed E-state index contributed by atoms with van der Waals surface area (Å²) in [6.45, 7) is 4.10. The van der Waals surface area contributed by atoms with Crippen LogP contribution in [0.1, 0.15) is 12.6 Å². The highest BCUT2D eigenvalue weighted by atomic mass is 16.7. The summed E-state index contributed by atoms with van der Waals surface area (Å²) in [5.41, 5.74) is 2.00. The topological polar surface area (TPSA) is 48.3 Å². The SMILES string of the molecule is CCNCc1ccn(-c2ccc3c(c2)OCO3)n1. The van der Waals surface area contributed by atoms with Crippen molar-refractivity contribution < 1.29 is 9.47 Å². The van der Waals surface area contributed by atoms with Crippen LogP contribution in [0, 0.1) is 0 Å². The minimum absolute atomic E-state index is 0.295. The molecule has 1 N–H and O–H groups in total. The second-order valence-electron chi connectivity index (χ2n) is 4.07. The maximum Gasteiger partial charge on any atom is 0.231 e. The molecule has 1 aliphatic rings. The van der Waals surface area contributed by atoms with Crippen molar-refractivity contribution in [2.24, 2.45) is 0 Å². The van der Waals surface area contributed by atoms with Gasteiger partial charge in [-0.3, -0.25) is 0 Å². The van der Waals surface area contributed by atoms with Gasteiger partial charge in [-0.15, -0.1) is 0 Å². The van der Waals surface area contributed by atoms with Gasteiger partial charge in [0.15, 0.2) is 11.5 Å². The van der Waals surface area contributed by atoms with Crippen LogP contribution in [0.5, 0.6) is 11.5 Å². The number of aromatic nitrogens is 2. The predicted molar refractivity (Wildman–Crippen MR) is 67.1 cm³/mol. The van der Waals surface area contributed by atoms with Gasteiger partial charge in [0.05, 0.1) is 11.4 Å². The number of fused-ring (bicyclic) bond motifs is 1. The normalized spacial score (nSPS) is 12.9. The summed E-state index contributed by atoms with van der Waals surface area (Å²) in [7, 11) is 0. The molecule has 5 heteroatoms. The predicted octanol–water partition coefficient (Wildman–Crippen LogP) is 1.71. The van der Waals surface area contributed by atoms with Gasteiger partial charge in [-0.2, -0.15) is 5.10 Å². The molecule has 0 atom stereocenters. The molecule has 1 aromatic heterocycles. The van der Waals surface area contributed by atoms with Crippen molar-refractivity contribution in [1.82, 2.24) is 15.1 Å². The van der Waals surface area contributed by atoms with Crippen LogP contribution in [0.15, 0.2) is 30.5 Å². The van der Waals surface area contributed by atoms with Crippen LogP contribution >= 0.6 is 0 Å². The van der Waals surface area contributed by atoms with Crippen molar-refractivity contribution >= 4 is 0 Å². The fourth-order valence-corrected chi connectivity index (χ4v) is 1.88. The standard InChI is InChI=1S/C13H15N3O2/c1-2-14-8-10-5-6-16(15-10)11-3-4-12-13(7-11)18-9-17-12/h3-7,14H,2,8-9H2,1H3. The maximum atomic E-state index is 5.36. The zero-order valence-electron chi connectivity index (χ0n) is 10.2. The van der Waals surface area contributed by atoms with Crippen molar-refractivity contribution in [1.29, 1.82) is 0 Å². The first-order valence-corrected chi connectivity index (χ1v) is 6.02. The number of hydrogen-bond donors (Lipinski definition) is 1. The van der Waals surface area contributed by atoms with Crippen molar-refractivity contribution in [2.45, 2.75) is 13.5 Å². The van der Waals surface area contributed by atoms with Crippen LogP contribution in [-0.2, 0) is 6.54 Å². The lowest BCUT2D eigenvalue weighted by Gasteiger charge is -2.03. The van der Waals surface area contributed by atoms with E-state index >= 15 is 0 Å². The second-order valence-corrected chi connectivity index (χ2v) is 4.07. The van der Waals surface area contributed by atoms with Gasteiger partial charge in [-0.05, 0) is 24.7 Å². The summed E-state index contributed by atoms with van der Waals surface area (Å²) in [6.07, 6.45) is 1.95. The Kier molecular flexibility index (Phi) is 2.90. The minimum atomic E-state index is 0.295. The summed E-state index contributed by atoms with van der Waals surface area (Å²) >= 11 is 0. The molecule has 5 nitrogen and oxygen atoms in total. The molecule has 0 saturated heterocycles. The Hall–Kier alpha value is -2.01. The van der Waals surface area contributed by atoms with E-state index in [0.29, 0.717) is 6.79 Å². The molecular formula is C13H15N3O2. The van der Waals surface area contributed by atoms with Crippen molar-refractivity contribution in [3.05, 3.63) is 36.2 Å². The molecule has 1 aliphatic heterocycles. The van der Waals surface area contributed by atoms with Crippen LogP contribution in [-0.4, -0.2) is 23.1 Å². The maximum absolute atomic E-state index is 5.36. The third kappa shape index (κ3) is 2.04. The largest absolute Gasteiger partial charge is 0.454 e. The van der Waals surface area contributed by atoms with E-state index in [-0.39, 0.29) is 0 Å². The van der Waals surface area contributed by atoms with Crippen LogP contribution in [0.3, 0.4) is 0 Å². The summed E-state index contributed by atoms with van der Waals surface area (Å²) in [5, 5.41) is 7.75. The lowest BCUT2D eigenvalue weighted by atomic mass is 10.3. The molecule has 2 aromatic rings. The van der Waals surface area contributed by atoms with Gasteiger partial charge in [0.2, 0.25) is 6.79 Å². The van der Waals surface area contributed by atoms with E-state index < -0.39 is 0 Å². The number of ether oxygens (including phenoxy) is 2. The van der Waals surface area contributed by atoms with Gasteiger partial charge in [-0.1, -0.05) is 6.92 Å². The third-order valence-corrected chi connectivity index (χ3v) is 2.82. The monoisotopic (exact) mass is 245 g/mol. The number of hydrogen-bond acceptors (Lipinski definition) is 4. The quantitative estimate of drug-likeness (QED) is 0.890. The van der Waals surface area contributed by atoms with E-state index in [2.05, 4.69) is 17.3 Å². The van der Waals surface area contributed by atoms with E-state index in [4.69, 9.17) is 9.47 Å². The highest BCUT2D eigenvalue weighted by molar-refractivity contribution is 5.49. The van der Waals surface area contributed by atoms with Crippen LogP contribution < -0.4 is 14.8 Å². The first-order valence-electron chi connectivity index (χ1n) is 6.02. The number of benzene rings is 1. The number of rotatable bonds is 4. The van der Waals surface area contributed by atoms with Gasteiger partial charge in [-0.25, -0.2) is 4.68 Å². The Balaban J connectivity index is 1.83. The highest BCUT2D eigenvalue weighted by Crippen LogP contribution is 2.33. The Morgan fingerprint density at radius 2 is 2.17 bits per heavy atom. The van der Waals surface area contributed by atoms with Gasteiger partial charge < -0.3 is 14.8 Å². The van der Waals surface area contributed by atoms with Crippen LogP contribution in [0.25, 0.3) is 5.69 Å². The van der Waals surface area contributed by atoms with Crippen molar-refractivity contribution in [2.75, 3.05) is 13.3 Å². The van der Waals surface area contributed by atoms with Crippen LogP contribution in [0.2, 0.25) is 0 Å². The zero-order valence-corrected chi connectivity index (χ0v) is 10.2. The second kappa shape index (κ2) is 4.70. The van der Waals surface area contributed by atoms with E-state index in [1.165, 1.54) is 0 Å². The summed E-state index contributed by atoms with van der Waals surface area (Å²) in [5.74, 6) is 1.56. The Morgan fingerprint density at radius 1 is 1.28 bits per heavy atom. The molecule has 0 spiro atoms. The molecule has 0 fully saturated rings. The molecule has 0 bridgehead atoms. The molecule has 0 unspecified atom stereocenters. The average molecular weight is 245 g/mol. The number of nitrogens with zero attached hydrogens (tertiary/aromatic N) is 2. The Morgan fingerprint density at radius 3 is 3.06 bits per heavy atom. The fraction of sp³-hybridized carbons (Fsp3) is 0.308. The molecule has 18 heavy (non-hydrogen) atoms. The molecule has 0 radical (unpaired) electrons. The van der Waals surface area contributed by atoms with E-state index in [1.807, 2.05) is 35.1 Å². The first-order chi connectivity index (χ1) is 8.86. The van der Waals surface area contributed by atoms with Gasteiger partial charge in [0.25, 0.3) is 0 Å². The van der Waals surface area contributed by atoms with E-state index in [9.17, 15) is 0 Å².